The van der Waals surface area contributed by atoms with Crippen LogP contribution < -0.4 is 0 Å². The molecule has 0 unspecified atom stereocenters. The SMILES string of the molecule is CC1=C[C@@H]2[C@H](CC[C@@]3(C)[C@H]2C[C@@H](C)[C@]3(O)C(=O)CF)[C@@]2(C)CCC(=O)C=C12. The van der Waals surface area contributed by atoms with E-state index in [1.807, 2.05) is 19.9 Å². The maximum Gasteiger partial charge on any atom is 0.196 e. The smallest absolute Gasteiger partial charge is 0.196 e. The van der Waals surface area contributed by atoms with Crippen LogP contribution in [0.2, 0.25) is 0 Å². The molecule has 148 valence electrons. The first-order valence-electron chi connectivity index (χ1n) is 10.3. The molecule has 0 aliphatic heterocycles. The highest BCUT2D eigenvalue weighted by Gasteiger charge is 2.68. The Morgan fingerprint density at radius 2 is 2.00 bits per heavy atom. The molecule has 0 radical (unpaired) electrons. The highest BCUT2D eigenvalue weighted by atomic mass is 19.1. The average molecular weight is 374 g/mol. The van der Waals surface area contributed by atoms with Crippen molar-refractivity contribution in [3.8, 4) is 0 Å². The second kappa shape index (κ2) is 5.85. The fourth-order valence-electron chi connectivity index (χ4n) is 7.46. The molecule has 3 nitrogen and oxygen atoms in total. The number of halogens is 1. The minimum atomic E-state index is -1.57. The van der Waals surface area contributed by atoms with Crippen LogP contribution in [0.1, 0.15) is 59.8 Å². The van der Waals surface area contributed by atoms with Crippen molar-refractivity contribution in [1.82, 2.24) is 0 Å². The van der Waals surface area contributed by atoms with E-state index in [1.165, 1.54) is 5.57 Å². The van der Waals surface area contributed by atoms with Crippen molar-refractivity contribution < 1.29 is 19.1 Å². The van der Waals surface area contributed by atoms with Gasteiger partial charge < -0.3 is 5.11 Å². The van der Waals surface area contributed by atoms with Crippen LogP contribution in [0, 0.1) is 34.5 Å². The van der Waals surface area contributed by atoms with Crippen LogP contribution in [0.25, 0.3) is 0 Å². The maximum atomic E-state index is 13.3. The van der Waals surface area contributed by atoms with E-state index < -0.39 is 23.5 Å². The Morgan fingerprint density at radius 3 is 2.67 bits per heavy atom. The van der Waals surface area contributed by atoms with E-state index in [9.17, 15) is 19.1 Å². The first-order valence-corrected chi connectivity index (χ1v) is 10.3. The number of rotatable bonds is 2. The van der Waals surface area contributed by atoms with Crippen LogP contribution >= 0.6 is 0 Å². The van der Waals surface area contributed by atoms with Gasteiger partial charge in [-0.05, 0) is 73.3 Å². The van der Waals surface area contributed by atoms with Gasteiger partial charge in [0.2, 0.25) is 0 Å². The van der Waals surface area contributed by atoms with E-state index in [2.05, 4.69) is 19.9 Å². The van der Waals surface area contributed by atoms with Crippen LogP contribution in [0.15, 0.2) is 23.3 Å². The first-order chi connectivity index (χ1) is 12.6. The van der Waals surface area contributed by atoms with E-state index >= 15 is 0 Å². The average Bonchev–Trinajstić information content (AvgIpc) is 2.84. The number of ketones is 2. The number of hydrogen-bond donors (Lipinski definition) is 1. The fraction of sp³-hybridized carbons (Fsp3) is 0.739. The summed E-state index contributed by atoms with van der Waals surface area (Å²) in [5, 5.41) is 11.4. The molecular formula is C23H31FO3. The van der Waals surface area contributed by atoms with Crippen LogP contribution in [0.5, 0.6) is 0 Å². The number of aliphatic hydroxyl groups is 1. The Hall–Kier alpha value is -1.29. The van der Waals surface area contributed by atoms with Crippen molar-refractivity contribution in [2.45, 2.75) is 65.4 Å². The second-order valence-corrected chi connectivity index (χ2v) is 10.00. The third kappa shape index (κ3) is 2.22. The third-order valence-corrected chi connectivity index (χ3v) is 8.96. The summed E-state index contributed by atoms with van der Waals surface area (Å²) in [6, 6.07) is 0. The lowest BCUT2D eigenvalue weighted by Gasteiger charge is -2.57. The van der Waals surface area contributed by atoms with Crippen molar-refractivity contribution in [3.05, 3.63) is 23.3 Å². The first kappa shape index (κ1) is 19.0. The highest BCUT2D eigenvalue weighted by Crippen LogP contribution is 2.68. The normalized spacial score (nSPS) is 48.9. The van der Waals surface area contributed by atoms with Gasteiger partial charge in [0.15, 0.2) is 18.2 Å². The van der Waals surface area contributed by atoms with Gasteiger partial charge in [0.1, 0.15) is 5.60 Å². The molecule has 2 saturated carbocycles. The summed E-state index contributed by atoms with van der Waals surface area (Å²) in [6.45, 7) is 7.18. The van der Waals surface area contributed by atoms with E-state index in [0.717, 1.165) is 31.3 Å². The molecule has 0 spiro atoms. The second-order valence-electron chi connectivity index (χ2n) is 10.00. The van der Waals surface area contributed by atoms with E-state index in [-0.39, 0.29) is 29.0 Å². The molecule has 0 aromatic heterocycles. The van der Waals surface area contributed by atoms with Crippen LogP contribution in [0.3, 0.4) is 0 Å². The monoisotopic (exact) mass is 374 g/mol. The summed E-state index contributed by atoms with van der Waals surface area (Å²) < 4.78 is 13.3. The number of fused-ring (bicyclic) bond motifs is 5. The van der Waals surface area contributed by atoms with Crippen molar-refractivity contribution >= 4 is 11.6 Å². The minimum absolute atomic E-state index is 0.0210. The Kier molecular flexibility index (Phi) is 4.13. The van der Waals surface area contributed by atoms with Gasteiger partial charge in [0.05, 0.1) is 0 Å². The number of Topliss-reactive ketones (excluding diaryl/α,β-unsaturated/α-hetero) is 1. The van der Waals surface area contributed by atoms with Gasteiger partial charge >= 0.3 is 0 Å². The van der Waals surface area contributed by atoms with Crippen LogP contribution in [-0.4, -0.2) is 28.9 Å². The van der Waals surface area contributed by atoms with E-state index in [4.69, 9.17) is 0 Å². The molecule has 27 heavy (non-hydrogen) atoms. The van der Waals surface area contributed by atoms with Gasteiger partial charge in [-0.3, -0.25) is 9.59 Å². The van der Waals surface area contributed by atoms with Crippen molar-refractivity contribution in [2.75, 3.05) is 6.67 Å². The molecule has 4 rings (SSSR count). The summed E-state index contributed by atoms with van der Waals surface area (Å²) in [4.78, 5) is 24.5. The number of hydrogen-bond acceptors (Lipinski definition) is 3. The Bertz CT molecular complexity index is 768. The number of carbonyl (C=O) groups is 2. The number of alkyl halides is 1. The summed E-state index contributed by atoms with van der Waals surface area (Å²) in [5.41, 5.74) is 0.168. The molecule has 4 heteroatoms. The standard InChI is InChI=1S/C23H31FO3/c1-13-9-16-17(21(3)7-5-15(25)11-18(13)21)6-8-22(4)19(16)10-14(2)23(22,27)20(26)12-24/h9,11,14,16-17,19,27H,5-8,10,12H2,1-4H3/t14-,16-,17+,19+,21-,22+,23+/m1/s1. The van der Waals surface area contributed by atoms with Gasteiger partial charge in [-0.15, -0.1) is 0 Å². The molecule has 0 heterocycles. The topological polar surface area (TPSA) is 54.4 Å². The van der Waals surface area contributed by atoms with Crippen molar-refractivity contribution in [1.29, 1.82) is 0 Å². The summed E-state index contributed by atoms with van der Waals surface area (Å²) in [5.74, 6) is 0.173. The predicted molar refractivity (Wildman–Crippen MR) is 102 cm³/mol. The van der Waals surface area contributed by atoms with Crippen LogP contribution in [0.4, 0.5) is 4.39 Å². The fourth-order valence-corrected chi connectivity index (χ4v) is 7.46. The van der Waals surface area contributed by atoms with E-state index in [1.54, 1.807) is 0 Å². The Labute approximate surface area is 161 Å². The van der Waals surface area contributed by atoms with Crippen molar-refractivity contribution in [3.63, 3.8) is 0 Å². The maximum absolute atomic E-state index is 13.3. The molecule has 1 N–H and O–H groups in total. The zero-order chi connectivity index (χ0) is 19.8. The summed E-state index contributed by atoms with van der Waals surface area (Å²) in [7, 11) is 0. The Balaban J connectivity index is 1.81. The number of allylic oxidation sites excluding steroid dienone is 4. The van der Waals surface area contributed by atoms with E-state index in [0.29, 0.717) is 12.3 Å². The highest BCUT2D eigenvalue weighted by molar-refractivity contribution is 5.92. The molecule has 0 aromatic rings. The molecule has 7 atom stereocenters. The molecule has 4 aliphatic rings. The zero-order valence-corrected chi connectivity index (χ0v) is 16.8. The largest absolute Gasteiger partial charge is 0.381 e. The molecule has 0 aromatic carbocycles. The van der Waals surface area contributed by atoms with Crippen LogP contribution in [-0.2, 0) is 9.59 Å². The quantitative estimate of drug-likeness (QED) is 0.788. The summed E-state index contributed by atoms with van der Waals surface area (Å²) >= 11 is 0. The molecule has 2 fully saturated rings. The molecule has 0 amide bonds. The molecule has 0 bridgehead atoms. The van der Waals surface area contributed by atoms with Gasteiger partial charge in [-0.1, -0.05) is 32.4 Å². The lowest BCUT2D eigenvalue weighted by molar-refractivity contribution is -0.165. The molecule has 4 aliphatic carbocycles. The van der Waals surface area contributed by atoms with Gasteiger partial charge in [0, 0.05) is 11.8 Å². The number of carbonyl (C=O) groups excluding carboxylic acids is 2. The molecule has 0 saturated heterocycles. The lowest BCUT2D eigenvalue weighted by atomic mass is 9.47. The van der Waals surface area contributed by atoms with Gasteiger partial charge in [-0.25, -0.2) is 4.39 Å². The zero-order valence-electron chi connectivity index (χ0n) is 16.8. The van der Waals surface area contributed by atoms with Gasteiger partial charge in [-0.2, -0.15) is 0 Å². The lowest BCUT2D eigenvalue weighted by Crippen LogP contribution is -2.59. The van der Waals surface area contributed by atoms with Gasteiger partial charge in [0.25, 0.3) is 0 Å². The summed E-state index contributed by atoms with van der Waals surface area (Å²) in [6.07, 6.45) is 7.98. The van der Waals surface area contributed by atoms with Crippen molar-refractivity contribution in [2.24, 2.45) is 34.5 Å². The Morgan fingerprint density at radius 1 is 1.30 bits per heavy atom. The predicted octanol–water partition coefficient (Wildman–Crippen LogP) is 4.20. The minimum Gasteiger partial charge on any atom is -0.381 e. The third-order valence-electron chi connectivity index (χ3n) is 8.96. The molecular weight excluding hydrogens is 343 g/mol.